The molecule has 6 heteroatoms. The first-order chi connectivity index (χ1) is 12.3. The third-order valence-electron chi connectivity index (χ3n) is 4.97. The zero-order chi connectivity index (χ0) is 18.8. The summed E-state index contributed by atoms with van der Waals surface area (Å²) in [4.78, 5) is 29.0. The van der Waals surface area contributed by atoms with Crippen LogP contribution in [0.3, 0.4) is 0 Å². The van der Waals surface area contributed by atoms with Crippen LogP contribution in [-0.4, -0.2) is 48.6 Å². The Balaban J connectivity index is 1.68. The summed E-state index contributed by atoms with van der Waals surface area (Å²) in [6.07, 6.45) is 1.39. The van der Waals surface area contributed by atoms with Crippen molar-refractivity contribution in [2.24, 2.45) is 5.92 Å². The van der Waals surface area contributed by atoms with Gasteiger partial charge in [-0.1, -0.05) is 6.07 Å². The number of hydrogen-bond donors (Lipinski definition) is 1. The first-order valence-electron chi connectivity index (χ1n) is 9.49. The van der Waals surface area contributed by atoms with Crippen LogP contribution in [0.1, 0.15) is 39.2 Å². The Kier molecular flexibility index (Phi) is 5.39. The number of nitrogens with one attached hydrogen (secondary N) is 1. The molecule has 0 aliphatic carbocycles. The topological polar surface area (TPSA) is 61.9 Å². The van der Waals surface area contributed by atoms with Crippen LogP contribution in [0.5, 0.6) is 5.75 Å². The molecule has 0 unspecified atom stereocenters. The fourth-order valence-electron chi connectivity index (χ4n) is 3.63. The minimum Gasteiger partial charge on any atom is -0.487 e. The molecule has 1 aromatic rings. The summed E-state index contributed by atoms with van der Waals surface area (Å²) >= 11 is 0. The summed E-state index contributed by atoms with van der Waals surface area (Å²) < 4.78 is 5.87. The molecule has 0 radical (unpaired) electrons. The summed E-state index contributed by atoms with van der Waals surface area (Å²) in [6.45, 7) is 9.70. The fraction of sp³-hybridized carbons (Fsp3) is 0.600. The Morgan fingerprint density at radius 2 is 1.92 bits per heavy atom. The van der Waals surface area contributed by atoms with Crippen molar-refractivity contribution in [3.8, 4) is 5.75 Å². The number of amides is 3. The van der Waals surface area contributed by atoms with E-state index in [1.165, 1.54) is 0 Å². The number of rotatable bonds is 2. The third-order valence-corrected chi connectivity index (χ3v) is 4.97. The molecule has 0 bridgehead atoms. The molecule has 6 nitrogen and oxygen atoms in total. The number of benzene rings is 1. The molecule has 26 heavy (non-hydrogen) atoms. The second-order valence-electron chi connectivity index (χ2n) is 7.72. The molecular weight excluding hydrogens is 330 g/mol. The second-order valence-corrected chi connectivity index (χ2v) is 7.72. The first kappa shape index (κ1) is 18.5. The highest BCUT2D eigenvalue weighted by Crippen LogP contribution is 2.35. The van der Waals surface area contributed by atoms with Gasteiger partial charge >= 0.3 is 6.03 Å². The summed E-state index contributed by atoms with van der Waals surface area (Å²) in [7, 11) is 0. The molecule has 1 fully saturated rings. The van der Waals surface area contributed by atoms with Gasteiger partial charge in [0.15, 0.2) is 0 Å². The van der Waals surface area contributed by atoms with E-state index in [1.54, 1.807) is 0 Å². The van der Waals surface area contributed by atoms with Gasteiger partial charge in [0.05, 0.1) is 12.2 Å². The first-order valence-corrected chi connectivity index (χ1v) is 9.49. The second kappa shape index (κ2) is 7.56. The third kappa shape index (κ3) is 3.94. The maximum Gasteiger partial charge on any atom is 0.324 e. The lowest BCUT2D eigenvalue weighted by Crippen LogP contribution is -2.52. The molecule has 2 heterocycles. The highest BCUT2D eigenvalue weighted by Gasteiger charge is 2.34. The van der Waals surface area contributed by atoms with Gasteiger partial charge in [0.2, 0.25) is 5.91 Å². The molecule has 3 rings (SSSR count). The number of likely N-dealkylation sites (tertiary alicyclic amines) is 1. The molecule has 1 atom stereocenters. The number of carbonyl (C=O) groups excluding carboxylic acids is 2. The van der Waals surface area contributed by atoms with E-state index < -0.39 is 0 Å². The van der Waals surface area contributed by atoms with Crippen LogP contribution in [0, 0.1) is 12.8 Å². The molecule has 0 spiro atoms. The molecule has 142 valence electrons. The van der Waals surface area contributed by atoms with Crippen molar-refractivity contribution in [1.29, 1.82) is 0 Å². The number of anilines is 1. The van der Waals surface area contributed by atoms with Crippen molar-refractivity contribution in [3.63, 3.8) is 0 Å². The van der Waals surface area contributed by atoms with Crippen molar-refractivity contribution >= 4 is 17.6 Å². The van der Waals surface area contributed by atoms with Gasteiger partial charge in [-0.2, -0.15) is 0 Å². The number of nitrogens with zero attached hydrogens (tertiary/aromatic N) is 2. The lowest BCUT2D eigenvalue weighted by Gasteiger charge is -2.39. The van der Waals surface area contributed by atoms with E-state index in [9.17, 15) is 9.59 Å². The molecule has 2 aliphatic rings. The van der Waals surface area contributed by atoms with E-state index in [2.05, 4.69) is 5.32 Å². The van der Waals surface area contributed by atoms with Crippen LogP contribution < -0.4 is 15.0 Å². The Bertz CT molecular complexity index is 681. The van der Waals surface area contributed by atoms with Gasteiger partial charge in [0, 0.05) is 25.0 Å². The molecular formula is C20H29N3O3. The van der Waals surface area contributed by atoms with Crippen LogP contribution in [-0.2, 0) is 4.79 Å². The van der Waals surface area contributed by atoms with Crippen LogP contribution in [0.4, 0.5) is 10.5 Å². The van der Waals surface area contributed by atoms with Crippen molar-refractivity contribution in [2.75, 3.05) is 24.5 Å². The van der Waals surface area contributed by atoms with Crippen molar-refractivity contribution in [1.82, 2.24) is 10.2 Å². The van der Waals surface area contributed by atoms with E-state index in [1.807, 2.05) is 55.7 Å². The number of hydrogen-bond acceptors (Lipinski definition) is 3. The van der Waals surface area contributed by atoms with E-state index in [0.29, 0.717) is 32.5 Å². The smallest absolute Gasteiger partial charge is 0.324 e. The monoisotopic (exact) mass is 359 g/mol. The van der Waals surface area contributed by atoms with Gasteiger partial charge in [0.25, 0.3) is 0 Å². The summed E-state index contributed by atoms with van der Waals surface area (Å²) in [5.41, 5.74) is 1.94. The minimum absolute atomic E-state index is 0.000376. The number of carbonyl (C=O) groups is 2. The fourth-order valence-corrected chi connectivity index (χ4v) is 3.63. The predicted molar refractivity (Wildman–Crippen MR) is 102 cm³/mol. The summed E-state index contributed by atoms with van der Waals surface area (Å²) in [5.74, 6) is 0.863. The van der Waals surface area contributed by atoms with Crippen molar-refractivity contribution in [2.45, 2.75) is 52.7 Å². The minimum atomic E-state index is -0.0384. The number of ether oxygens (including phenoxy) is 1. The molecule has 1 saturated heterocycles. The average molecular weight is 359 g/mol. The summed E-state index contributed by atoms with van der Waals surface area (Å²) in [6, 6.07) is 6.09. The zero-order valence-corrected chi connectivity index (χ0v) is 16.1. The Labute approximate surface area is 155 Å². The van der Waals surface area contributed by atoms with Crippen LogP contribution in [0.2, 0.25) is 0 Å². The maximum absolute atomic E-state index is 13.1. The van der Waals surface area contributed by atoms with Gasteiger partial charge in [-0.05, 0) is 58.2 Å². The van der Waals surface area contributed by atoms with Gasteiger partial charge in [-0.3, -0.25) is 9.69 Å². The molecule has 3 amide bonds. The normalized spacial score (nSPS) is 20.6. The number of fused-ring (bicyclic) bond motifs is 1. The van der Waals surface area contributed by atoms with Crippen LogP contribution >= 0.6 is 0 Å². The number of urea groups is 1. The molecule has 1 N–H and O–H groups in total. The highest BCUT2D eigenvalue weighted by atomic mass is 16.5. The van der Waals surface area contributed by atoms with Crippen LogP contribution in [0.15, 0.2) is 18.2 Å². The van der Waals surface area contributed by atoms with E-state index >= 15 is 0 Å². The lowest BCUT2D eigenvalue weighted by atomic mass is 9.96. The van der Waals surface area contributed by atoms with Crippen molar-refractivity contribution < 1.29 is 14.3 Å². The Morgan fingerprint density at radius 3 is 2.58 bits per heavy atom. The molecule has 0 aromatic heterocycles. The standard InChI is InChI=1S/C20H29N3O3/c1-13(2)21-19(24)16-7-9-22(10-8-16)20(25)23-12-15(4)26-18-6-5-14(3)11-17(18)23/h5-6,11,13,15-16H,7-10,12H2,1-4H3,(H,21,24)/t15-/m1/s1. The Morgan fingerprint density at radius 1 is 1.23 bits per heavy atom. The molecule has 0 saturated carbocycles. The number of aryl methyl sites for hydroxylation is 1. The summed E-state index contributed by atoms with van der Waals surface area (Å²) in [5, 5.41) is 2.98. The maximum atomic E-state index is 13.1. The van der Waals surface area contributed by atoms with Crippen molar-refractivity contribution in [3.05, 3.63) is 23.8 Å². The van der Waals surface area contributed by atoms with Gasteiger partial charge < -0.3 is 15.0 Å². The number of piperidine rings is 1. The molecule has 2 aliphatic heterocycles. The highest BCUT2D eigenvalue weighted by molar-refractivity contribution is 5.94. The predicted octanol–water partition coefficient (Wildman–Crippen LogP) is 2.94. The quantitative estimate of drug-likeness (QED) is 0.883. The largest absolute Gasteiger partial charge is 0.487 e. The molecule has 1 aromatic carbocycles. The van der Waals surface area contributed by atoms with Crippen LogP contribution in [0.25, 0.3) is 0 Å². The zero-order valence-electron chi connectivity index (χ0n) is 16.1. The van der Waals surface area contributed by atoms with Gasteiger partial charge in [0.1, 0.15) is 11.9 Å². The lowest BCUT2D eigenvalue weighted by molar-refractivity contribution is -0.126. The van der Waals surface area contributed by atoms with Gasteiger partial charge in [-0.25, -0.2) is 4.79 Å². The SMILES string of the molecule is Cc1ccc2c(c1)N(C(=O)N1CCC(C(=O)NC(C)C)CC1)C[C@@H](C)O2. The van der Waals surface area contributed by atoms with E-state index in [0.717, 1.165) is 17.0 Å². The average Bonchev–Trinajstić information content (AvgIpc) is 2.60. The van der Waals surface area contributed by atoms with Gasteiger partial charge in [-0.15, -0.1) is 0 Å². The Hall–Kier alpha value is -2.24. The van der Waals surface area contributed by atoms with E-state index in [-0.39, 0.29) is 30.0 Å². The van der Waals surface area contributed by atoms with E-state index in [4.69, 9.17) is 4.74 Å².